The highest BCUT2D eigenvalue weighted by Crippen LogP contribution is 2.32. The summed E-state index contributed by atoms with van der Waals surface area (Å²) in [6.07, 6.45) is 3.69. The van der Waals surface area contributed by atoms with Crippen LogP contribution in [-0.4, -0.2) is 65.9 Å². The lowest BCUT2D eigenvalue weighted by Crippen LogP contribution is -2.45. The van der Waals surface area contributed by atoms with Crippen LogP contribution in [0.3, 0.4) is 0 Å². The van der Waals surface area contributed by atoms with Gasteiger partial charge in [-0.05, 0) is 56.8 Å². The number of hydrogen-bond donors (Lipinski definition) is 1. The summed E-state index contributed by atoms with van der Waals surface area (Å²) >= 11 is 0. The van der Waals surface area contributed by atoms with E-state index in [0.717, 1.165) is 48.5 Å². The van der Waals surface area contributed by atoms with Gasteiger partial charge < -0.3 is 9.80 Å². The smallest absolute Gasteiger partial charge is 0.261 e. The molecule has 0 unspecified atom stereocenters. The van der Waals surface area contributed by atoms with Crippen LogP contribution in [0.1, 0.15) is 11.3 Å². The van der Waals surface area contributed by atoms with Crippen molar-refractivity contribution < 1.29 is 12.8 Å². The Kier molecular flexibility index (Phi) is 6.19. The van der Waals surface area contributed by atoms with Crippen molar-refractivity contribution in [3.05, 3.63) is 78.0 Å². The first kappa shape index (κ1) is 25.2. The molecule has 1 aliphatic rings. The third-order valence-corrected chi connectivity index (χ3v) is 8.40. The highest BCUT2D eigenvalue weighted by molar-refractivity contribution is 7.92. The molecule has 4 heterocycles. The van der Waals surface area contributed by atoms with Gasteiger partial charge >= 0.3 is 0 Å². The third-order valence-electron chi connectivity index (χ3n) is 7.02. The van der Waals surface area contributed by atoms with E-state index < -0.39 is 15.8 Å². The lowest BCUT2D eigenvalue weighted by molar-refractivity contribution is 0.311. The molecule has 6 rings (SSSR count). The average Bonchev–Trinajstić information content (AvgIpc) is 3.31. The van der Waals surface area contributed by atoms with Gasteiger partial charge in [0.15, 0.2) is 5.65 Å². The number of nitrogens with zero attached hydrogens (tertiary/aromatic N) is 6. The molecule has 1 saturated heterocycles. The Morgan fingerprint density at radius 1 is 0.923 bits per heavy atom. The Balaban J connectivity index is 1.37. The second-order valence-corrected chi connectivity index (χ2v) is 11.7. The van der Waals surface area contributed by atoms with Gasteiger partial charge in [0, 0.05) is 49.5 Å². The topological polar surface area (TPSA) is 95.7 Å². The number of hydrogen-bond acceptors (Lipinski definition) is 7. The van der Waals surface area contributed by atoms with Crippen molar-refractivity contribution in [2.24, 2.45) is 0 Å². The Hall–Kier alpha value is -4.09. The minimum absolute atomic E-state index is 0.0663. The number of pyridine rings is 1. The molecule has 1 N–H and O–H groups in total. The van der Waals surface area contributed by atoms with Crippen molar-refractivity contribution >= 4 is 38.3 Å². The van der Waals surface area contributed by atoms with Crippen LogP contribution < -0.4 is 9.62 Å². The first-order chi connectivity index (χ1) is 18.7. The molecule has 0 spiro atoms. The van der Waals surface area contributed by atoms with E-state index in [2.05, 4.69) is 26.6 Å². The van der Waals surface area contributed by atoms with E-state index in [4.69, 9.17) is 9.97 Å². The quantitative estimate of drug-likeness (QED) is 0.353. The van der Waals surface area contributed by atoms with E-state index in [0.29, 0.717) is 22.7 Å². The molecule has 0 amide bonds. The number of nitrogens with one attached hydrogen (secondary N) is 1. The van der Waals surface area contributed by atoms with Crippen molar-refractivity contribution in [3.8, 4) is 11.1 Å². The second-order valence-electron chi connectivity index (χ2n) is 9.99. The zero-order chi connectivity index (χ0) is 27.3. The molecule has 0 radical (unpaired) electrons. The average molecular weight is 546 g/mol. The second kappa shape index (κ2) is 9.58. The fraction of sp³-hybridized carbons (Fsp3) is 0.250. The minimum Gasteiger partial charge on any atom is -0.338 e. The molecule has 0 saturated carbocycles. The number of sulfonamides is 1. The molecule has 200 valence electrons. The molecule has 11 heteroatoms. The van der Waals surface area contributed by atoms with Gasteiger partial charge in [0.1, 0.15) is 11.5 Å². The molecule has 3 aromatic heterocycles. The molecule has 0 bridgehead atoms. The van der Waals surface area contributed by atoms with Gasteiger partial charge in [0.2, 0.25) is 5.95 Å². The predicted octanol–water partition coefficient (Wildman–Crippen LogP) is 4.25. The van der Waals surface area contributed by atoms with Crippen LogP contribution in [0.15, 0.2) is 65.8 Å². The number of fused-ring (bicyclic) bond motifs is 3. The van der Waals surface area contributed by atoms with Crippen LogP contribution in [0, 0.1) is 19.7 Å². The van der Waals surface area contributed by atoms with Crippen LogP contribution in [0.5, 0.6) is 0 Å². The zero-order valence-corrected chi connectivity index (χ0v) is 22.7. The van der Waals surface area contributed by atoms with Gasteiger partial charge in [0.25, 0.3) is 10.0 Å². The highest BCUT2D eigenvalue weighted by Gasteiger charge is 2.20. The largest absolute Gasteiger partial charge is 0.338 e. The van der Waals surface area contributed by atoms with Crippen molar-refractivity contribution in [1.82, 2.24) is 24.3 Å². The van der Waals surface area contributed by atoms with E-state index in [1.165, 1.54) is 24.3 Å². The predicted molar refractivity (Wildman–Crippen MR) is 150 cm³/mol. The molecule has 0 aliphatic carbocycles. The molecular weight excluding hydrogens is 517 g/mol. The van der Waals surface area contributed by atoms with Crippen LogP contribution in [0.4, 0.5) is 16.0 Å². The van der Waals surface area contributed by atoms with E-state index in [-0.39, 0.29) is 10.6 Å². The van der Waals surface area contributed by atoms with E-state index >= 15 is 4.39 Å². The van der Waals surface area contributed by atoms with Crippen molar-refractivity contribution in [1.29, 1.82) is 0 Å². The molecule has 2 aromatic carbocycles. The number of imidazole rings is 1. The number of halogens is 1. The summed E-state index contributed by atoms with van der Waals surface area (Å²) in [6.45, 7) is 7.36. The Bertz CT molecular complexity index is 1810. The number of benzene rings is 2. The highest BCUT2D eigenvalue weighted by atomic mass is 32.2. The third kappa shape index (κ3) is 4.79. The van der Waals surface area contributed by atoms with Gasteiger partial charge in [-0.1, -0.05) is 23.8 Å². The van der Waals surface area contributed by atoms with Gasteiger partial charge in [-0.15, -0.1) is 0 Å². The molecule has 1 fully saturated rings. The van der Waals surface area contributed by atoms with E-state index in [9.17, 15) is 8.42 Å². The summed E-state index contributed by atoms with van der Waals surface area (Å²) in [4.78, 5) is 18.7. The van der Waals surface area contributed by atoms with E-state index in [1.807, 2.05) is 30.5 Å². The van der Waals surface area contributed by atoms with Gasteiger partial charge in [-0.25, -0.2) is 22.8 Å². The molecular formula is C28H28FN7O2S. The van der Waals surface area contributed by atoms with Gasteiger partial charge in [-0.2, -0.15) is 4.98 Å². The zero-order valence-electron chi connectivity index (χ0n) is 21.9. The van der Waals surface area contributed by atoms with E-state index in [1.54, 1.807) is 24.4 Å². The lowest BCUT2D eigenvalue weighted by Gasteiger charge is -2.32. The van der Waals surface area contributed by atoms with Crippen molar-refractivity contribution in [2.45, 2.75) is 18.7 Å². The van der Waals surface area contributed by atoms with Crippen molar-refractivity contribution in [3.63, 3.8) is 0 Å². The summed E-state index contributed by atoms with van der Waals surface area (Å²) in [5, 5.41) is 0.789. The minimum atomic E-state index is -3.94. The molecule has 0 atom stereocenters. The normalized spacial score (nSPS) is 14.8. The number of rotatable bonds is 5. The summed E-state index contributed by atoms with van der Waals surface area (Å²) < 4.78 is 45.1. The van der Waals surface area contributed by atoms with Gasteiger partial charge in [-0.3, -0.25) is 9.12 Å². The SMILES string of the molecule is Cc1ccc(S(=O)(=O)Nc2ccc(-c3cc4cnc(N5CCN(C)CC5)nc4n4cc(C)nc34)cc2F)cc1. The first-order valence-electron chi connectivity index (χ1n) is 12.7. The fourth-order valence-corrected chi connectivity index (χ4v) is 5.86. The summed E-state index contributed by atoms with van der Waals surface area (Å²) in [7, 11) is -1.83. The Morgan fingerprint density at radius 2 is 1.67 bits per heavy atom. The molecule has 39 heavy (non-hydrogen) atoms. The maximum atomic E-state index is 15.3. The number of aromatic nitrogens is 4. The summed E-state index contributed by atoms with van der Waals surface area (Å²) in [6, 6.07) is 12.7. The summed E-state index contributed by atoms with van der Waals surface area (Å²) in [5.41, 5.74) is 4.21. The summed E-state index contributed by atoms with van der Waals surface area (Å²) in [5.74, 6) is -0.0152. The maximum Gasteiger partial charge on any atom is 0.261 e. The standard InChI is InChI=1S/C28H28FN7O2S/c1-18-4-7-22(8-5-18)39(37,38)33-25-9-6-20(15-24(25)29)23-14-21-16-30-28(35-12-10-34(3)11-13-35)32-26(21)36-17-19(2)31-27(23)36/h4-9,14-17,33H,10-13H2,1-3H3. The fourth-order valence-electron chi connectivity index (χ4n) is 4.79. The lowest BCUT2D eigenvalue weighted by atomic mass is 10.1. The molecule has 9 nitrogen and oxygen atoms in total. The monoisotopic (exact) mass is 545 g/mol. The van der Waals surface area contributed by atoms with Crippen molar-refractivity contribution in [2.75, 3.05) is 42.8 Å². The number of likely N-dealkylation sites (N-methyl/N-ethyl adjacent to an activating group) is 1. The molecule has 1 aliphatic heterocycles. The number of anilines is 2. The molecule has 5 aromatic rings. The first-order valence-corrected chi connectivity index (χ1v) is 14.1. The Labute approximate surface area is 226 Å². The van der Waals surface area contributed by atoms with Crippen LogP contribution in [0.2, 0.25) is 0 Å². The number of piperazine rings is 1. The van der Waals surface area contributed by atoms with Gasteiger partial charge in [0.05, 0.1) is 16.3 Å². The number of aryl methyl sites for hydroxylation is 2. The Morgan fingerprint density at radius 3 is 2.38 bits per heavy atom. The maximum absolute atomic E-state index is 15.3. The van der Waals surface area contributed by atoms with Crippen LogP contribution in [-0.2, 0) is 10.0 Å². The van der Waals surface area contributed by atoms with Crippen LogP contribution in [0.25, 0.3) is 27.8 Å². The van der Waals surface area contributed by atoms with Crippen LogP contribution >= 0.6 is 0 Å².